The smallest absolute Gasteiger partial charge is 0.407 e. The Bertz CT molecular complexity index is 899. The normalized spacial score (nSPS) is 18.4. The molecule has 10 nitrogen and oxygen atoms in total. The van der Waals surface area contributed by atoms with Crippen molar-refractivity contribution in [3.63, 3.8) is 0 Å². The monoisotopic (exact) mass is 429 g/mol. The first-order chi connectivity index (χ1) is 15.0. The largest absolute Gasteiger partial charge is 0.465 e. The van der Waals surface area contributed by atoms with Gasteiger partial charge in [-0.3, -0.25) is 4.79 Å². The summed E-state index contributed by atoms with van der Waals surface area (Å²) < 4.78 is 11.2. The second-order valence-electron chi connectivity index (χ2n) is 7.97. The molecule has 0 bridgehead atoms. The fraction of sp³-hybridized carbons (Fsp3) is 0.524. The van der Waals surface area contributed by atoms with Crippen molar-refractivity contribution in [3.05, 3.63) is 35.7 Å². The number of rotatable bonds is 5. The number of likely N-dealkylation sites (N-methyl/N-ethyl adjacent to an activating group) is 1. The number of carbonyl (C=O) groups is 2. The Hall–Kier alpha value is -2.98. The van der Waals surface area contributed by atoms with Crippen LogP contribution in [0.3, 0.4) is 0 Å². The molecule has 31 heavy (non-hydrogen) atoms. The summed E-state index contributed by atoms with van der Waals surface area (Å²) in [7, 11) is 2.06. The van der Waals surface area contributed by atoms with Crippen LogP contribution in [0.15, 0.2) is 28.8 Å². The van der Waals surface area contributed by atoms with Crippen molar-refractivity contribution in [2.75, 3.05) is 46.3 Å². The zero-order valence-corrected chi connectivity index (χ0v) is 17.6. The van der Waals surface area contributed by atoms with Gasteiger partial charge in [-0.15, -0.1) is 0 Å². The second kappa shape index (κ2) is 9.44. The van der Waals surface area contributed by atoms with E-state index in [1.165, 1.54) is 4.90 Å². The molecular weight excluding hydrogens is 402 g/mol. The molecule has 166 valence electrons. The van der Waals surface area contributed by atoms with Crippen molar-refractivity contribution in [2.24, 2.45) is 0 Å². The van der Waals surface area contributed by atoms with Crippen LogP contribution in [0.1, 0.15) is 29.0 Å². The zero-order chi connectivity index (χ0) is 21.8. The molecule has 3 heterocycles. The van der Waals surface area contributed by atoms with Crippen LogP contribution in [-0.4, -0.2) is 94.4 Å². The first-order valence-electron chi connectivity index (χ1n) is 10.5. The summed E-state index contributed by atoms with van der Waals surface area (Å²) in [5, 5.41) is 13.0. The summed E-state index contributed by atoms with van der Waals surface area (Å²) in [6.45, 7) is 4.39. The molecule has 10 heteroatoms. The topological polar surface area (TPSA) is 112 Å². The maximum Gasteiger partial charge on any atom is 0.407 e. The van der Waals surface area contributed by atoms with Gasteiger partial charge in [0.1, 0.15) is 6.61 Å². The summed E-state index contributed by atoms with van der Waals surface area (Å²) >= 11 is 0. The van der Waals surface area contributed by atoms with E-state index in [1.54, 1.807) is 12.1 Å². The lowest BCUT2D eigenvalue weighted by Crippen LogP contribution is -2.47. The molecular formula is C21H27N5O5. The summed E-state index contributed by atoms with van der Waals surface area (Å²) in [6, 6.07) is 7.19. The third kappa shape index (κ3) is 5.20. The fourth-order valence-corrected chi connectivity index (χ4v) is 3.78. The van der Waals surface area contributed by atoms with Gasteiger partial charge in [-0.1, -0.05) is 5.16 Å². The molecule has 1 aromatic carbocycles. The molecule has 4 rings (SSSR count). The van der Waals surface area contributed by atoms with Crippen molar-refractivity contribution in [2.45, 2.75) is 25.6 Å². The highest BCUT2D eigenvalue weighted by molar-refractivity contribution is 5.94. The van der Waals surface area contributed by atoms with E-state index in [9.17, 15) is 9.59 Å². The van der Waals surface area contributed by atoms with Gasteiger partial charge in [0, 0.05) is 50.4 Å². The average Bonchev–Trinajstić information content (AvgIpc) is 3.27. The highest BCUT2D eigenvalue weighted by Crippen LogP contribution is 2.20. The average molecular weight is 429 g/mol. The fourth-order valence-electron chi connectivity index (χ4n) is 3.78. The first-order valence-corrected chi connectivity index (χ1v) is 10.5. The van der Waals surface area contributed by atoms with E-state index in [0.717, 1.165) is 31.7 Å². The maximum absolute atomic E-state index is 12.7. The molecule has 2 amide bonds. The van der Waals surface area contributed by atoms with Gasteiger partial charge in [-0.25, -0.2) is 4.79 Å². The van der Waals surface area contributed by atoms with Crippen LogP contribution in [0.4, 0.5) is 4.79 Å². The van der Waals surface area contributed by atoms with E-state index >= 15 is 0 Å². The van der Waals surface area contributed by atoms with Gasteiger partial charge in [0.15, 0.2) is 5.82 Å². The van der Waals surface area contributed by atoms with Crippen LogP contribution >= 0.6 is 0 Å². The number of ether oxygens (including phenoxy) is 1. The Morgan fingerprint density at radius 1 is 1.06 bits per heavy atom. The molecule has 0 aliphatic carbocycles. The molecule has 0 radical (unpaired) electrons. The van der Waals surface area contributed by atoms with E-state index in [0.29, 0.717) is 43.2 Å². The highest BCUT2D eigenvalue weighted by atomic mass is 16.5. The van der Waals surface area contributed by atoms with Crippen molar-refractivity contribution in [1.82, 2.24) is 24.8 Å². The third-order valence-corrected chi connectivity index (χ3v) is 5.80. The lowest BCUT2D eigenvalue weighted by atomic mass is 10.1. The van der Waals surface area contributed by atoms with E-state index in [1.807, 2.05) is 17.0 Å². The molecule has 2 saturated heterocycles. The lowest BCUT2D eigenvalue weighted by molar-refractivity contribution is -0.00295. The van der Waals surface area contributed by atoms with Crippen molar-refractivity contribution in [3.8, 4) is 11.5 Å². The van der Waals surface area contributed by atoms with Crippen LogP contribution < -0.4 is 0 Å². The van der Waals surface area contributed by atoms with Gasteiger partial charge < -0.3 is 29.1 Å². The van der Waals surface area contributed by atoms with Crippen LogP contribution in [0.25, 0.3) is 11.5 Å². The van der Waals surface area contributed by atoms with Gasteiger partial charge in [-0.05, 0) is 44.2 Å². The molecule has 2 fully saturated rings. The van der Waals surface area contributed by atoms with Gasteiger partial charge in [0.25, 0.3) is 11.8 Å². The number of hydrogen-bond acceptors (Lipinski definition) is 7. The minimum Gasteiger partial charge on any atom is -0.465 e. The minimum absolute atomic E-state index is 0.0163. The van der Waals surface area contributed by atoms with E-state index in [4.69, 9.17) is 14.4 Å². The highest BCUT2D eigenvalue weighted by Gasteiger charge is 2.23. The Kier molecular flexibility index (Phi) is 6.47. The van der Waals surface area contributed by atoms with Gasteiger partial charge >= 0.3 is 6.09 Å². The number of aromatic nitrogens is 2. The van der Waals surface area contributed by atoms with Crippen LogP contribution in [0.5, 0.6) is 0 Å². The zero-order valence-electron chi connectivity index (χ0n) is 17.6. The van der Waals surface area contributed by atoms with Gasteiger partial charge in [0.2, 0.25) is 0 Å². The molecule has 0 atom stereocenters. The predicted molar refractivity (Wildman–Crippen MR) is 111 cm³/mol. The quantitative estimate of drug-likeness (QED) is 0.766. The minimum atomic E-state index is -0.891. The summed E-state index contributed by atoms with van der Waals surface area (Å²) in [5.74, 6) is 0.847. The predicted octanol–water partition coefficient (Wildman–Crippen LogP) is 1.78. The number of carboxylic acid groups (broad SMARTS) is 1. The Morgan fingerprint density at radius 2 is 1.74 bits per heavy atom. The molecule has 1 aromatic heterocycles. The summed E-state index contributed by atoms with van der Waals surface area (Å²) in [4.78, 5) is 33.5. The molecule has 0 saturated carbocycles. The number of carbonyl (C=O) groups excluding carboxylic acids is 1. The summed E-state index contributed by atoms with van der Waals surface area (Å²) in [6.07, 6.45) is 0.398. The van der Waals surface area contributed by atoms with Crippen LogP contribution in [0, 0.1) is 0 Å². The van der Waals surface area contributed by atoms with Crippen molar-refractivity contribution >= 4 is 12.0 Å². The number of piperazine rings is 1. The molecule has 0 unspecified atom stereocenters. The number of amides is 2. The molecule has 2 aliphatic heterocycles. The van der Waals surface area contributed by atoms with Gasteiger partial charge in [-0.2, -0.15) is 4.98 Å². The Balaban J connectivity index is 1.30. The van der Waals surface area contributed by atoms with E-state index < -0.39 is 6.09 Å². The third-order valence-electron chi connectivity index (χ3n) is 5.80. The molecule has 0 spiro atoms. The number of piperidine rings is 1. The first kappa shape index (κ1) is 21.3. The van der Waals surface area contributed by atoms with Crippen LogP contribution in [-0.2, 0) is 11.3 Å². The lowest BCUT2D eigenvalue weighted by Gasteiger charge is -2.32. The number of benzene rings is 1. The molecule has 1 N–H and O–H groups in total. The molecule has 2 aromatic rings. The van der Waals surface area contributed by atoms with Crippen LogP contribution in [0.2, 0.25) is 0 Å². The number of likely N-dealkylation sites (tertiary alicyclic amines) is 1. The number of hydrogen-bond donors (Lipinski definition) is 1. The standard InChI is InChI=1S/C21H27N5O5/c1-24-10-12-25(13-11-24)20(27)16-4-2-15(3-5-16)19-22-18(23-31-19)14-30-17-6-8-26(9-7-17)21(28)29/h2-5,17H,6-14H2,1H3,(H,28,29). The van der Waals surface area contributed by atoms with E-state index in [-0.39, 0.29) is 18.6 Å². The maximum atomic E-state index is 12.7. The summed E-state index contributed by atoms with van der Waals surface area (Å²) in [5.41, 5.74) is 1.38. The Morgan fingerprint density at radius 3 is 2.39 bits per heavy atom. The van der Waals surface area contributed by atoms with Crippen molar-refractivity contribution in [1.29, 1.82) is 0 Å². The SMILES string of the molecule is CN1CCN(C(=O)c2ccc(-c3nc(COC4CCN(C(=O)O)CC4)no3)cc2)CC1. The van der Waals surface area contributed by atoms with E-state index in [2.05, 4.69) is 22.1 Å². The van der Waals surface area contributed by atoms with Crippen molar-refractivity contribution < 1.29 is 24.0 Å². The Labute approximate surface area is 180 Å². The second-order valence-corrected chi connectivity index (χ2v) is 7.97. The number of nitrogens with zero attached hydrogens (tertiary/aromatic N) is 5. The molecule has 2 aliphatic rings. The van der Waals surface area contributed by atoms with Gasteiger partial charge in [0.05, 0.1) is 6.10 Å².